The first-order valence-electron chi connectivity index (χ1n) is 8.19. The summed E-state index contributed by atoms with van der Waals surface area (Å²) in [4.78, 5) is 17.7. The van der Waals surface area contributed by atoms with Crippen LogP contribution >= 0.6 is 11.3 Å². The molecule has 2 atom stereocenters. The number of carbonyl (C=O) groups is 1. The fraction of sp³-hybridized carbons (Fsp3) is 0.750. The number of amides is 2. The molecule has 1 aliphatic carbocycles. The number of rotatable bonds is 8. The van der Waals surface area contributed by atoms with Crippen LogP contribution in [0.4, 0.5) is 4.79 Å². The lowest BCUT2D eigenvalue weighted by Crippen LogP contribution is -2.43. The Morgan fingerprint density at radius 3 is 2.64 bits per heavy atom. The molecule has 22 heavy (non-hydrogen) atoms. The maximum atomic E-state index is 12.1. The summed E-state index contributed by atoms with van der Waals surface area (Å²) in [5.41, 5.74) is 0. The van der Waals surface area contributed by atoms with E-state index in [1.165, 1.54) is 0 Å². The Morgan fingerprint density at radius 2 is 2.14 bits per heavy atom. The van der Waals surface area contributed by atoms with Crippen molar-refractivity contribution in [2.24, 2.45) is 11.8 Å². The first-order chi connectivity index (χ1) is 10.5. The molecular formula is C16H27N3O2S. The molecule has 2 amide bonds. The van der Waals surface area contributed by atoms with Crippen molar-refractivity contribution in [3.63, 3.8) is 0 Å². The lowest BCUT2D eigenvalue weighted by molar-refractivity contribution is 0.103. The van der Waals surface area contributed by atoms with E-state index >= 15 is 0 Å². The quantitative estimate of drug-likeness (QED) is 0.688. The van der Waals surface area contributed by atoms with Crippen LogP contribution in [0.15, 0.2) is 6.20 Å². The molecule has 0 radical (unpaired) electrons. The van der Waals surface area contributed by atoms with Crippen molar-refractivity contribution in [1.82, 2.24) is 15.6 Å². The van der Waals surface area contributed by atoms with Crippen molar-refractivity contribution < 1.29 is 9.90 Å². The van der Waals surface area contributed by atoms with E-state index in [1.54, 1.807) is 11.3 Å². The normalized spacial score (nSPS) is 17.3. The number of aliphatic hydroxyl groups is 1. The van der Waals surface area contributed by atoms with Gasteiger partial charge in [-0.25, -0.2) is 9.78 Å². The Bertz CT molecular complexity index is 483. The van der Waals surface area contributed by atoms with Gasteiger partial charge in [-0.3, -0.25) is 0 Å². The minimum Gasteiger partial charge on any atom is -0.391 e. The summed E-state index contributed by atoms with van der Waals surface area (Å²) in [6.45, 7) is 6.44. The molecule has 1 aromatic heterocycles. The highest BCUT2D eigenvalue weighted by molar-refractivity contribution is 7.11. The van der Waals surface area contributed by atoms with Crippen molar-refractivity contribution in [3.05, 3.63) is 16.1 Å². The summed E-state index contributed by atoms with van der Waals surface area (Å²) < 4.78 is 0. The summed E-state index contributed by atoms with van der Waals surface area (Å²) in [6, 6.07) is -0.209. The monoisotopic (exact) mass is 325 g/mol. The molecule has 1 saturated carbocycles. The molecule has 0 aliphatic heterocycles. The van der Waals surface area contributed by atoms with E-state index in [9.17, 15) is 9.90 Å². The molecule has 0 saturated heterocycles. The fourth-order valence-corrected chi connectivity index (χ4v) is 3.63. The summed E-state index contributed by atoms with van der Waals surface area (Å²) in [5.74, 6) is 0.737. The van der Waals surface area contributed by atoms with E-state index in [1.807, 2.05) is 13.1 Å². The van der Waals surface area contributed by atoms with E-state index in [0.717, 1.165) is 35.6 Å². The molecule has 1 fully saturated rings. The van der Waals surface area contributed by atoms with Gasteiger partial charge < -0.3 is 15.7 Å². The van der Waals surface area contributed by atoms with Crippen LogP contribution in [0.2, 0.25) is 0 Å². The van der Waals surface area contributed by atoms with E-state index < -0.39 is 6.10 Å². The highest BCUT2D eigenvalue weighted by atomic mass is 32.1. The largest absolute Gasteiger partial charge is 0.391 e. The fourth-order valence-electron chi connectivity index (χ4n) is 2.72. The van der Waals surface area contributed by atoms with Gasteiger partial charge in [0.2, 0.25) is 0 Å². The Kier molecular flexibility index (Phi) is 6.20. The zero-order valence-corrected chi connectivity index (χ0v) is 14.4. The number of urea groups is 1. The van der Waals surface area contributed by atoms with Gasteiger partial charge in [0, 0.05) is 17.6 Å². The number of hydrogen-bond acceptors (Lipinski definition) is 4. The Morgan fingerprint density at radius 1 is 1.45 bits per heavy atom. The lowest BCUT2D eigenvalue weighted by Gasteiger charge is -2.22. The molecule has 1 aromatic rings. The van der Waals surface area contributed by atoms with E-state index in [0.29, 0.717) is 12.5 Å². The Balaban J connectivity index is 1.84. The van der Waals surface area contributed by atoms with E-state index in [-0.39, 0.29) is 18.0 Å². The highest BCUT2D eigenvalue weighted by Crippen LogP contribution is 2.41. The maximum absolute atomic E-state index is 12.1. The van der Waals surface area contributed by atoms with E-state index in [4.69, 9.17) is 0 Å². The molecule has 124 valence electrons. The van der Waals surface area contributed by atoms with Crippen LogP contribution in [0.25, 0.3) is 0 Å². The topological polar surface area (TPSA) is 74.2 Å². The van der Waals surface area contributed by atoms with Gasteiger partial charge in [-0.15, -0.1) is 11.3 Å². The predicted octanol–water partition coefficient (Wildman–Crippen LogP) is 3.00. The number of nitrogens with one attached hydrogen (secondary N) is 2. The molecule has 5 nitrogen and oxygen atoms in total. The van der Waals surface area contributed by atoms with Gasteiger partial charge in [0.05, 0.1) is 12.1 Å². The summed E-state index contributed by atoms with van der Waals surface area (Å²) >= 11 is 1.64. The van der Waals surface area contributed by atoms with Crippen LogP contribution in [0, 0.1) is 18.8 Å². The van der Waals surface area contributed by atoms with Gasteiger partial charge in [-0.2, -0.15) is 0 Å². The lowest BCUT2D eigenvalue weighted by atomic mass is 9.97. The number of carbonyl (C=O) groups excluding carboxylic acids is 1. The van der Waals surface area contributed by atoms with Gasteiger partial charge in [-0.05, 0) is 31.6 Å². The second kappa shape index (κ2) is 7.92. The molecule has 1 aliphatic rings. The predicted molar refractivity (Wildman–Crippen MR) is 88.9 cm³/mol. The summed E-state index contributed by atoms with van der Waals surface area (Å²) in [7, 11) is 0. The third-order valence-electron chi connectivity index (χ3n) is 4.35. The molecule has 3 N–H and O–H groups in total. The van der Waals surface area contributed by atoms with Crippen molar-refractivity contribution in [2.75, 3.05) is 6.54 Å². The van der Waals surface area contributed by atoms with Crippen LogP contribution in [-0.2, 0) is 0 Å². The summed E-state index contributed by atoms with van der Waals surface area (Å²) in [5, 5.41) is 16.9. The van der Waals surface area contributed by atoms with Gasteiger partial charge in [-0.1, -0.05) is 26.7 Å². The minimum absolute atomic E-state index is 0.00369. The van der Waals surface area contributed by atoms with Crippen LogP contribution in [-0.4, -0.2) is 28.8 Å². The highest BCUT2D eigenvalue weighted by Gasteiger charge is 2.35. The Hall–Kier alpha value is -1.14. The van der Waals surface area contributed by atoms with Crippen molar-refractivity contribution in [2.45, 2.75) is 58.6 Å². The first kappa shape index (κ1) is 17.2. The number of aryl methyl sites for hydroxylation is 1. The Labute approximate surface area is 136 Å². The van der Waals surface area contributed by atoms with Gasteiger partial charge >= 0.3 is 6.03 Å². The van der Waals surface area contributed by atoms with E-state index in [2.05, 4.69) is 29.5 Å². The maximum Gasteiger partial charge on any atom is 0.315 e. The van der Waals surface area contributed by atoms with Gasteiger partial charge in [0.15, 0.2) is 0 Å². The second-order valence-corrected chi connectivity index (χ2v) is 7.39. The van der Waals surface area contributed by atoms with Crippen molar-refractivity contribution in [1.29, 1.82) is 0 Å². The smallest absolute Gasteiger partial charge is 0.315 e. The number of hydrogen-bond donors (Lipinski definition) is 3. The van der Waals surface area contributed by atoms with Crippen molar-refractivity contribution >= 4 is 17.4 Å². The molecule has 0 aromatic carbocycles. The third-order valence-corrected chi connectivity index (χ3v) is 5.35. The minimum atomic E-state index is -0.484. The summed E-state index contributed by atoms with van der Waals surface area (Å²) in [6.07, 6.45) is 5.49. The molecule has 1 heterocycles. The number of aromatic nitrogens is 1. The molecule has 6 heteroatoms. The molecule has 0 bridgehead atoms. The zero-order chi connectivity index (χ0) is 16.1. The standard InChI is InChI=1S/C16H27N3O2S/c1-4-11(5-2)13(20)9-18-16(21)19-14(12-6-7-12)15-17-8-10(3)22-15/h8,11-14,20H,4-7,9H2,1-3H3,(H2,18,19,21). The SMILES string of the molecule is CCC(CC)C(O)CNC(=O)NC(c1ncc(C)s1)C1CC1. The average Bonchev–Trinajstić information content (AvgIpc) is 3.25. The van der Waals surface area contributed by atoms with Crippen LogP contribution < -0.4 is 10.6 Å². The van der Waals surface area contributed by atoms with Crippen LogP contribution in [0.5, 0.6) is 0 Å². The molecule has 2 unspecified atom stereocenters. The third kappa shape index (κ3) is 4.68. The van der Waals surface area contributed by atoms with Gasteiger partial charge in [0.25, 0.3) is 0 Å². The second-order valence-electron chi connectivity index (χ2n) is 6.12. The number of aliphatic hydroxyl groups excluding tert-OH is 1. The number of nitrogens with zero attached hydrogens (tertiary/aromatic N) is 1. The average molecular weight is 325 g/mol. The van der Waals surface area contributed by atoms with Crippen molar-refractivity contribution in [3.8, 4) is 0 Å². The molecule has 0 spiro atoms. The first-order valence-corrected chi connectivity index (χ1v) is 9.01. The molecular weight excluding hydrogens is 298 g/mol. The van der Waals surface area contributed by atoms with Crippen LogP contribution in [0.3, 0.4) is 0 Å². The number of thiazole rings is 1. The van der Waals surface area contributed by atoms with Crippen LogP contribution in [0.1, 0.15) is 55.5 Å². The van der Waals surface area contributed by atoms with Gasteiger partial charge in [0.1, 0.15) is 5.01 Å². The zero-order valence-electron chi connectivity index (χ0n) is 13.6. The molecule has 2 rings (SSSR count).